The zero-order chi connectivity index (χ0) is 12.3. The third-order valence-electron chi connectivity index (χ3n) is 3.51. The first-order valence-electron chi connectivity index (χ1n) is 5.92. The van der Waals surface area contributed by atoms with Gasteiger partial charge in [-0.2, -0.15) is 0 Å². The van der Waals surface area contributed by atoms with E-state index in [0.29, 0.717) is 0 Å². The molecule has 1 heterocycles. The monoisotopic (exact) mass is 237 g/mol. The van der Waals surface area contributed by atoms with Gasteiger partial charge in [0.15, 0.2) is 11.5 Å². The lowest BCUT2D eigenvalue weighted by atomic mass is 9.85. The molecule has 0 saturated carbocycles. The van der Waals surface area contributed by atoms with Gasteiger partial charge in [0.2, 0.25) is 0 Å². The number of ether oxygens (including phenoxy) is 1. The normalized spacial score (nSPS) is 19.1. The van der Waals surface area contributed by atoms with Crippen LogP contribution in [0.5, 0.6) is 11.5 Å². The molecule has 0 aliphatic carbocycles. The van der Waals surface area contributed by atoms with Crippen LogP contribution in [-0.2, 0) is 11.2 Å². The van der Waals surface area contributed by atoms with Crippen LogP contribution in [0.3, 0.4) is 0 Å². The minimum absolute atomic E-state index is 0.0670. The van der Waals surface area contributed by atoms with Crippen LogP contribution < -0.4 is 5.32 Å². The molecule has 1 aliphatic heterocycles. The summed E-state index contributed by atoms with van der Waals surface area (Å²) in [5, 5.41) is 22.1. The molecule has 0 atom stereocenters. The van der Waals surface area contributed by atoms with E-state index < -0.39 is 0 Å². The first-order valence-corrected chi connectivity index (χ1v) is 5.92. The van der Waals surface area contributed by atoms with E-state index in [4.69, 9.17) is 4.74 Å². The fourth-order valence-corrected chi connectivity index (χ4v) is 2.39. The SMILES string of the molecule is COC1(Cc2ccc(O)c(O)c2)CCNCC1. The third kappa shape index (κ3) is 2.70. The van der Waals surface area contributed by atoms with Gasteiger partial charge in [-0.3, -0.25) is 0 Å². The van der Waals surface area contributed by atoms with Crippen LogP contribution in [0, 0.1) is 0 Å². The fourth-order valence-electron chi connectivity index (χ4n) is 2.39. The summed E-state index contributed by atoms with van der Waals surface area (Å²) in [5.74, 6) is -0.145. The van der Waals surface area contributed by atoms with Gasteiger partial charge < -0.3 is 20.3 Å². The Labute approximate surface area is 101 Å². The third-order valence-corrected chi connectivity index (χ3v) is 3.51. The number of nitrogens with one attached hydrogen (secondary N) is 1. The highest BCUT2D eigenvalue weighted by Crippen LogP contribution is 2.31. The Morgan fingerprint density at radius 3 is 2.53 bits per heavy atom. The second-order valence-corrected chi connectivity index (χ2v) is 4.64. The summed E-state index contributed by atoms with van der Waals surface area (Å²) in [6.07, 6.45) is 2.69. The number of aromatic hydroxyl groups is 2. The molecule has 3 N–H and O–H groups in total. The molecular weight excluding hydrogens is 218 g/mol. The Morgan fingerprint density at radius 2 is 1.94 bits per heavy atom. The highest BCUT2D eigenvalue weighted by molar-refractivity contribution is 5.41. The van der Waals surface area contributed by atoms with Crippen molar-refractivity contribution in [3.8, 4) is 11.5 Å². The largest absolute Gasteiger partial charge is 0.504 e. The predicted molar refractivity (Wildman–Crippen MR) is 65.3 cm³/mol. The van der Waals surface area contributed by atoms with Crippen molar-refractivity contribution in [1.82, 2.24) is 5.32 Å². The number of phenolic OH excluding ortho intramolecular Hbond substituents is 2. The smallest absolute Gasteiger partial charge is 0.157 e. The number of piperidine rings is 1. The van der Waals surface area contributed by atoms with E-state index >= 15 is 0 Å². The Morgan fingerprint density at radius 1 is 1.24 bits per heavy atom. The zero-order valence-corrected chi connectivity index (χ0v) is 10.1. The molecule has 0 unspecified atom stereocenters. The standard InChI is InChI=1S/C13H19NO3/c1-17-13(4-6-14-7-5-13)9-10-2-3-11(15)12(16)8-10/h2-3,8,14-16H,4-7,9H2,1H3. The predicted octanol–water partition coefficient (Wildman–Crippen LogP) is 1.41. The average Bonchev–Trinajstić information content (AvgIpc) is 2.35. The average molecular weight is 237 g/mol. The summed E-state index contributed by atoms with van der Waals surface area (Å²) in [7, 11) is 1.74. The van der Waals surface area contributed by atoms with Gasteiger partial charge in [0.25, 0.3) is 0 Å². The Balaban J connectivity index is 2.14. The van der Waals surface area contributed by atoms with Gasteiger partial charge in [-0.25, -0.2) is 0 Å². The lowest BCUT2D eigenvalue weighted by Crippen LogP contribution is -2.44. The highest BCUT2D eigenvalue weighted by atomic mass is 16.5. The van der Waals surface area contributed by atoms with Crippen molar-refractivity contribution in [3.05, 3.63) is 23.8 Å². The number of phenols is 2. The van der Waals surface area contributed by atoms with Gasteiger partial charge >= 0.3 is 0 Å². The molecule has 1 aromatic carbocycles. The summed E-state index contributed by atoms with van der Waals surface area (Å²) in [6.45, 7) is 1.91. The molecule has 0 spiro atoms. The number of methoxy groups -OCH3 is 1. The summed E-state index contributed by atoms with van der Waals surface area (Å²) >= 11 is 0. The summed E-state index contributed by atoms with van der Waals surface area (Å²) in [4.78, 5) is 0. The van der Waals surface area contributed by atoms with Crippen LogP contribution in [0.1, 0.15) is 18.4 Å². The molecule has 2 rings (SSSR count). The van der Waals surface area contributed by atoms with Crippen molar-refractivity contribution in [1.29, 1.82) is 0 Å². The maximum absolute atomic E-state index is 9.48. The maximum Gasteiger partial charge on any atom is 0.157 e. The lowest BCUT2D eigenvalue weighted by molar-refractivity contribution is -0.0333. The quantitative estimate of drug-likeness (QED) is 0.696. The summed E-state index contributed by atoms with van der Waals surface area (Å²) < 4.78 is 5.67. The Hall–Kier alpha value is -1.26. The van der Waals surface area contributed by atoms with E-state index in [1.165, 1.54) is 6.07 Å². The Kier molecular flexibility index (Phi) is 3.54. The number of hydrogen-bond acceptors (Lipinski definition) is 4. The second kappa shape index (κ2) is 4.94. The van der Waals surface area contributed by atoms with E-state index in [-0.39, 0.29) is 17.1 Å². The molecule has 1 fully saturated rings. The van der Waals surface area contributed by atoms with Crippen molar-refractivity contribution in [2.75, 3.05) is 20.2 Å². The van der Waals surface area contributed by atoms with Crippen molar-refractivity contribution < 1.29 is 14.9 Å². The molecule has 4 heteroatoms. The van der Waals surface area contributed by atoms with Crippen LogP contribution in [0.25, 0.3) is 0 Å². The van der Waals surface area contributed by atoms with Crippen LogP contribution in [0.15, 0.2) is 18.2 Å². The maximum atomic E-state index is 9.48. The number of rotatable bonds is 3. The molecule has 4 nitrogen and oxygen atoms in total. The van der Waals surface area contributed by atoms with Crippen molar-refractivity contribution in [2.24, 2.45) is 0 Å². The highest BCUT2D eigenvalue weighted by Gasteiger charge is 2.32. The van der Waals surface area contributed by atoms with Crippen LogP contribution in [0.4, 0.5) is 0 Å². The van der Waals surface area contributed by atoms with Gasteiger partial charge in [-0.05, 0) is 43.6 Å². The minimum Gasteiger partial charge on any atom is -0.504 e. The van der Waals surface area contributed by atoms with Gasteiger partial charge in [-0.15, -0.1) is 0 Å². The fraction of sp³-hybridized carbons (Fsp3) is 0.538. The first kappa shape index (κ1) is 12.2. The molecule has 17 heavy (non-hydrogen) atoms. The van der Waals surface area contributed by atoms with Gasteiger partial charge in [0, 0.05) is 13.5 Å². The van der Waals surface area contributed by atoms with Gasteiger partial charge in [0.05, 0.1) is 5.60 Å². The van der Waals surface area contributed by atoms with Crippen LogP contribution >= 0.6 is 0 Å². The van der Waals surface area contributed by atoms with Gasteiger partial charge in [0.1, 0.15) is 0 Å². The molecule has 0 amide bonds. The van der Waals surface area contributed by atoms with E-state index in [0.717, 1.165) is 37.9 Å². The molecule has 0 bridgehead atoms. The molecular formula is C13H19NO3. The molecule has 1 aliphatic rings. The van der Waals surface area contributed by atoms with E-state index in [1.54, 1.807) is 13.2 Å². The van der Waals surface area contributed by atoms with Gasteiger partial charge in [-0.1, -0.05) is 6.07 Å². The Bertz CT molecular complexity index is 386. The molecule has 94 valence electrons. The summed E-state index contributed by atoms with van der Waals surface area (Å²) in [6, 6.07) is 4.96. The topological polar surface area (TPSA) is 61.7 Å². The first-order chi connectivity index (χ1) is 8.15. The molecule has 1 saturated heterocycles. The van der Waals surface area contributed by atoms with Crippen molar-refractivity contribution in [3.63, 3.8) is 0 Å². The minimum atomic E-state index is -0.144. The zero-order valence-electron chi connectivity index (χ0n) is 10.1. The lowest BCUT2D eigenvalue weighted by Gasteiger charge is -2.36. The summed E-state index contributed by atoms with van der Waals surface area (Å²) in [5.41, 5.74) is 0.846. The van der Waals surface area contributed by atoms with E-state index in [9.17, 15) is 10.2 Å². The molecule has 0 aromatic heterocycles. The second-order valence-electron chi connectivity index (χ2n) is 4.64. The number of hydrogen-bond donors (Lipinski definition) is 3. The van der Waals surface area contributed by atoms with E-state index in [2.05, 4.69) is 5.32 Å². The molecule has 1 aromatic rings. The number of benzene rings is 1. The van der Waals surface area contributed by atoms with Crippen molar-refractivity contribution >= 4 is 0 Å². The van der Waals surface area contributed by atoms with Crippen molar-refractivity contribution in [2.45, 2.75) is 24.9 Å². The van der Waals surface area contributed by atoms with Crippen LogP contribution in [-0.4, -0.2) is 36.0 Å². The molecule has 0 radical (unpaired) electrons. The van der Waals surface area contributed by atoms with E-state index in [1.807, 2.05) is 6.07 Å². The van der Waals surface area contributed by atoms with Crippen LogP contribution in [0.2, 0.25) is 0 Å².